The number of phenolic OH excluding ortho intramolecular Hbond substituents is 2. The second-order valence-electron chi connectivity index (χ2n) is 5.26. The van der Waals surface area contributed by atoms with Crippen LogP contribution < -0.4 is 10.9 Å². The second-order valence-corrected chi connectivity index (χ2v) is 5.26. The maximum absolute atomic E-state index is 11.5. The van der Waals surface area contributed by atoms with E-state index in [0.717, 1.165) is 0 Å². The maximum Gasteiger partial charge on any atom is 0.266 e. The summed E-state index contributed by atoms with van der Waals surface area (Å²) in [5.74, 6) is -0.777. The molecule has 0 unspecified atom stereocenters. The molecule has 0 heterocycles. The van der Waals surface area contributed by atoms with Gasteiger partial charge in [0.2, 0.25) is 0 Å². The van der Waals surface area contributed by atoms with Crippen molar-refractivity contribution in [2.24, 2.45) is 10.2 Å². The normalized spacial score (nSPS) is 11.0. The van der Waals surface area contributed by atoms with Crippen LogP contribution in [0.4, 0.5) is 0 Å². The van der Waals surface area contributed by atoms with Gasteiger partial charge in [0.25, 0.3) is 11.8 Å². The molecule has 9 heteroatoms. The van der Waals surface area contributed by atoms with Gasteiger partial charge in [0.15, 0.2) is 0 Å². The van der Waals surface area contributed by atoms with Crippen LogP contribution in [-0.2, 0) is 14.3 Å². The predicted octanol–water partition coefficient (Wildman–Crippen LogP) is 0.715. The minimum atomic E-state index is -0.523. The number of ether oxygens (including phenoxy) is 1. The summed E-state index contributed by atoms with van der Waals surface area (Å²) in [6.45, 7) is -0.690. The molecule has 0 aliphatic carbocycles. The highest BCUT2D eigenvalue weighted by molar-refractivity contribution is 5.84. The van der Waals surface area contributed by atoms with Gasteiger partial charge >= 0.3 is 0 Å². The lowest BCUT2D eigenvalue weighted by Gasteiger charge is -2.02. The van der Waals surface area contributed by atoms with Crippen LogP contribution in [0.15, 0.2) is 58.7 Å². The first-order valence-electron chi connectivity index (χ1n) is 7.82. The van der Waals surface area contributed by atoms with E-state index in [0.29, 0.717) is 11.1 Å². The molecule has 0 atom stereocenters. The highest BCUT2D eigenvalue weighted by atomic mass is 16.5. The quantitative estimate of drug-likeness (QED) is 0.401. The van der Waals surface area contributed by atoms with E-state index < -0.39 is 11.8 Å². The van der Waals surface area contributed by atoms with Crippen LogP contribution in [0.25, 0.3) is 0 Å². The zero-order valence-electron chi connectivity index (χ0n) is 14.2. The zero-order chi connectivity index (χ0) is 19.5. The number of carbonyl (C=O) groups excluding carboxylic acids is 2. The van der Waals surface area contributed by atoms with Crippen molar-refractivity contribution >= 4 is 24.2 Å². The van der Waals surface area contributed by atoms with Gasteiger partial charge in [-0.1, -0.05) is 0 Å². The Morgan fingerprint density at radius 1 is 0.778 bits per heavy atom. The molecule has 4 N–H and O–H groups in total. The van der Waals surface area contributed by atoms with Crippen molar-refractivity contribution < 1.29 is 24.5 Å². The molecule has 0 fully saturated rings. The first-order chi connectivity index (χ1) is 13.0. The number of rotatable bonds is 8. The highest BCUT2D eigenvalue weighted by Gasteiger charge is 2.03. The standard InChI is InChI=1S/C18H18N4O5/c23-15-5-1-13(2-6-15)9-19-21-17(25)11-27-12-18(26)22-20-10-14-3-7-16(24)8-4-14/h1-10,23-24H,11-12H2,(H,21,25)(H,22,26). The highest BCUT2D eigenvalue weighted by Crippen LogP contribution is 2.08. The molecule has 27 heavy (non-hydrogen) atoms. The number of hydrazone groups is 2. The van der Waals surface area contributed by atoms with E-state index in [2.05, 4.69) is 21.1 Å². The van der Waals surface area contributed by atoms with Gasteiger partial charge in [0, 0.05) is 0 Å². The molecular weight excluding hydrogens is 352 g/mol. The molecule has 2 amide bonds. The van der Waals surface area contributed by atoms with Crippen LogP contribution in [0, 0.1) is 0 Å². The van der Waals surface area contributed by atoms with E-state index in [9.17, 15) is 9.59 Å². The molecule has 0 radical (unpaired) electrons. The zero-order valence-corrected chi connectivity index (χ0v) is 14.2. The summed E-state index contributed by atoms with van der Waals surface area (Å²) < 4.78 is 4.96. The SMILES string of the molecule is O=C(COCC(=O)NN=Cc1ccc(O)cc1)NN=Cc1ccc(O)cc1. The van der Waals surface area contributed by atoms with Crippen molar-refractivity contribution in [1.29, 1.82) is 0 Å². The predicted molar refractivity (Wildman–Crippen MR) is 98.5 cm³/mol. The minimum absolute atomic E-state index is 0.135. The van der Waals surface area contributed by atoms with Crippen molar-refractivity contribution in [2.75, 3.05) is 13.2 Å². The number of hydrogen-bond acceptors (Lipinski definition) is 7. The Morgan fingerprint density at radius 3 is 1.52 bits per heavy atom. The second kappa shape index (κ2) is 10.3. The molecule has 0 saturated carbocycles. The fourth-order valence-corrected chi connectivity index (χ4v) is 1.78. The van der Waals surface area contributed by atoms with Crippen molar-refractivity contribution in [3.05, 3.63) is 59.7 Å². The van der Waals surface area contributed by atoms with Gasteiger partial charge in [0.1, 0.15) is 24.7 Å². The topological polar surface area (TPSA) is 133 Å². The van der Waals surface area contributed by atoms with Gasteiger partial charge in [-0.15, -0.1) is 0 Å². The van der Waals surface area contributed by atoms with E-state index in [4.69, 9.17) is 14.9 Å². The summed E-state index contributed by atoms with van der Waals surface area (Å²) in [5.41, 5.74) is 5.89. The molecule has 0 aliphatic heterocycles. The van der Waals surface area contributed by atoms with Crippen molar-refractivity contribution in [2.45, 2.75) is 0 Å². The molecule has 2 aromatic rings. The third-order valence-corrected chi connectivity index (χ3v) is 3.06. The van der Waals surface area contributed by atoms with Gasteiger partial charge < -0.3 is 14.9 Å². The molecule has 2 rings (SSSR count). The number of carbonyl (C=O) groups is 2. The minimum Gasteiger partial charge on any atom is -0.508 e. The van der Waals surface area contributed by atoms with E-state index in [1.165, 1.54) is 36.7 Å². The average Bonchev–Trinajstić information content (AvgIpc) is 2.65. The number of nitrogens with one attached hydrogen (secondary N) is 2. The molecule has 0 aromatic heterocycles. The van der Waals surface area contributed by atoms with Crippen molar-refractivity contribution in [3.8, 4) is 11.5 Å². The molecule has 140 valence electrons. The van der Waals surface area contributed by atoms with Crippen LogP contribution >= 0.6 is 0 Å². The molecule has 0 spiro atoms. The van der Waals surface area contributed by atoms with Crippen LogP contribution in [0.1, 0.15) is 11.1 Å². The largest absolute Gasteiger partial charge is 0.508 e. The van der Waals surface area contributed by atoms with Crippen LogP contribution in [0.3, 0.4) is 0 Å². The van der Waals surface area contributed by atoms with Crippen molar-refractivity contribution in [1.82, 2.24) is 10.9 Å². The number of hydrogen-bond donors (Lipinski definition) is 4. The van der Waals surface area contributed by atoms with E-state index in [1.807, 2.05) is 0 Å². The monoisotopic (exact) mass is 370 g/mol. The maximum atomic E-state index is 11.5. The van der Waals surface area contributed by atoms with Gasteiger partial charge in [-0.2, -0.15) is 10.2 Å². The van der Waals surface area contributed by atoms with E-state index >= 15 is 0 Å². The van der Waals surface area contributed by atoms with Gasteiger partial charge in [0.05, 0.1) is 12.4 Å². The third kappa shape index (κ3) is 7.80. The van der Waals surface area contributed by atoms with Crippen LogP contribution in [-0.4, -0.2) is 47.7 Å². The fourth-order valence-electron chi connectivity index (χ4n) is 1.78. The first-order valence-corrected chi connectivity index (χ1v) is 7.82. The number of aromatic hydroxyl groups is 2. The summed E-state index contributed by atoms with van der Waals surface area (Å²) >= 11 is 0. The number of phenols is 2. The van der Waals surface area contributed by atoms with Gasteiger partial charge in [-0.05, 0) is 59.7 Å². The lowest BCUT2D eigenvalue weighted by molar-refractivity contribution is -0.130. The molecule has 0 aliphatic rings. The first kappa shape index (κ1) is 19.6. The Balaban J connectivity index is 1.61. The summed E-state index contributed by atoms with van der Waals surface area (Å²) in [5, 5.41) is 25.8. The Labute approximate surface area is 155 Å². The van der Waals surface area contributed by atoms with Crippen LogP contribution in [0.2, 0.25) is 0 Å². The Bertz CT molecular complexity index is 747. The Hall–Kier alpha value is -3.72. The molecule has 0 bridgehead atoms. The summed E-state index contributed by atoms with van der Waals surface area (Å²) in [6.07, 6.45) is 2.81. The number of benzene rings is 2. The summed E-state index contributed by atoms with van der Waals surface area (Å²) in [6, 6.07) is 12.5. The fraction of sp³-hybridized carbons (Fsp3) is 0.111. The Kier molecular flexibility index (Phi) is 7.49. The van der Waals surface area contributed by atoms with Gasteiger partial charge in [-0.25, -0.2) is 10.9 Å². The average molecular weight is 370 g/mol. The summed E-state index contributed by atoms with van der Waals surface area (Å²) in [7, 11) is 0. The Morgan fingerprint density at radius 2 is 1.15 bits per heavy atom. The molecular formula is C18H18N4O5. The molecule has 2 aromatic carbocycles. The molecule has 0 saturated heterocycles. The molecule has 9 nitrogen and oxygen atoms in total. The lowest BCUT2D eigenvalue weighted by atomic mass is 10.2. The summed E-state index contributed by atoms with van der Waals surface area (Å²) in [4.78, 5) is 23.0. The van der Waals surface area contributed by atoms with E-state index in [-0.39, 0.29) is 24.7 Å². The van der Waals surface area contributed by atoms with Gasteiger partial charge in [-0.3, -0.25) is 9.59 Å². The lowest BCUT2D eigenvalue weighted by Crippen LogP contribution is -2.28. The van der Waals surface area contributed by atoms with Crippen molar-refractivity contribution in [3.63, 3.8) is 0 Å². The van der Waals surface area contributed by atoms with Crippen LogP contribution in [0.5, 0.6) is 11.5 Å². The number of amides is 2. The third-order valence-electron chi connectivity index (χ3n) is 3.06. The van der Waals surface area contributed by atoms with E-state index in [1.54, 1.807) is 24.3 Å². The number of nitrogens with zero attached hydrogens (tertiary/aromatic N) is 2. The smallest absolute Gasteiger partial charge is 0.266 e.